The molecule has 10 heteroatoms. The zero-order valence-electron chi connectivity index (χ0n) is 17.9. The first kappa shape index (κ1) is 22.6. The van der Waals surface area contributed by atoms with Crippen LogP contribution >= 0.6 is 0 Å². The second-order valence-electron chi connectivity index (χ2n) is 8.02. The predicted molar refractivity (Wildman–Crippen MR) is 116 cm³/mol. The topological polar surface area (TPSA) is 81.8 Å². The maximum absolute atomic E-state index is 13.3. The van der Waals surface area contributed by atoms with Crippen molar-refractivity contribution in [2.24, 2.45) is 0 Å². The van der Waals surface area contributed by atoms with Gasteiger partial charge in [-0.25, -0.2) is 4.79 Å². The molecule has 4 rings (SSSR count). The molecule has 2 aliphatic heterocycles. The van der Waals surface area contributed by atoms with E-state index in [1.54, 1.807) is 6.07 Å². The highest BCUT2D eigenvalue weighted by molar-refractivity contribution is 6.10. The summed E-state index contributed by atoms with van der Waals surface area (Å²) in [6.07, 6.45) is -3.71. The third kappa shape index (κ3) is 4.50. The van der Waals surface area contributed by atoms with Crippen LogP contribution in [0.3, 0.4) is 0 Å². The molecular weight excluding hydrogens is 437 g/mol. The highest BCUT2D eigenvalue weighted by atomic mass is 19.4. The zero-order chi connectivity index (χ0) is 23.8. The van der Waals surface area contributed by atoms with E-state index < -0.39 is 29.6 Å². The first-order chi connectivity index (χ1) is 15.7. The Morgan fingerprint density at radius 1 is 1.12 bits per heavy atom. The van der Waals surface area contributed by atoms with E-state index in [-0.39, 0.29) is 36.9 Å². The average molecular weight is 460 g/mol. The van der Waals surface area contributed by atoms with Gasteiger partial charge in [-0.1, -0.05) is 25.1 Å². The molecule has 0 spiro atoms. The smallest absolute Gasteiger partial charge is 0.338 e. The standard InChI is InChI=1S/C23H23F3N4O3/c1-2-8-27-22(33)29-9-10-30-19(13-29)20(31)28-18-7-6-15(12-17(18)21(30)32)14-4-3-5-16(11-14)23(24,25)26/h3-7,11-12,19H,2,8-10,13H2,1H3,(H,27,33)(H,28,31). The van der Waals surface area contributed by atoms with Crippen molar-refractivity contribution in [3.63, 3.8) is 0 Å². The molecule has 2 aromatic rings. The molecule has 1 saturated heterocycles. The fraction of sp³-hybridized carbons (Fsp3) is 0.348. The number of piperazine rings is 1. The van der Waals surface area contributed by atoms with Gasteiger partial charge in [0.25, 0.3) is 5.91 Å². The van der Waals surface area contributed by atoms with Crippen molar-refractivity contribution in [1.82, 2.24) is 15.1 Å². The Hall–Kier alpha value is -3.56. The van der Waals surface area contributed by atoms with Gasteiger partial charge in [0.05, 0.1) is 23.4 Å². The summed E-state index contributed by atoms with van der Waals surface area (Å²) in [6, 6.07) is 8.29. The van der Waals surface area contributed by atoms with E-state index in [0.717, 1.165) is 18.6 Å². The number of fused-ring (bicyclic) bond motifs is 2. The number of urea groups is 1. The highest BCUT2D eigenvalue weighted by Crippen LogP contribution is 2.34. The number of carbonyl (C=O) groups is 3. The van der Waals surface area contributed by atoms with Crippen LogP contribution in [0.25, 0.3) is 11.1 Å². The molecule has 2 aromatic carbocycles. The number of benzene rings is 2. The number of halogens is 3. The monoisotopic (exact) mass is 460 g/mol. The Balaban J connectivity index is 1.62. The molecule has 1 fully saturated rings. The molecule has 33 heavy (non-hydrogen) atoms. The van der Waals surface area contributed by atoms with Crippen molar-refractivity contribution in [3.05, 3.63) is 53.6 Å². The van der Waals surface area contributed by atoms with E-state index in [2.05, 4.69) is 10.6 Å². The van der Waals surface area contributed by atoms with Gasteiger partial charge < -0.3 is 20.4 Å². The molecule has 1 unspecified atom stereocenters. The Bertz CT molecular complexity index is 1100. The van der Waals surface area contributed by atoms with Crippen LogP contribution in [0.2, 0.25) is 0 Å². The number of rotatable bonds is 3. The Kier molecular flexibility index (Phi) is 6.01. The number of carbonyl (C=O) groups excluding carboxylic acids is 3. The number of hydrogen-bond donors (Lipinski definition) is 2. The van der Waals surface area contributed by atoms with Gasteiger partial charge in [-0.2, -0.15) is 13.2 Å². The number of hydrogen-bond acceptors (Lipinski definition) is 3. The molecule has 0 bridgehead atoms. The van der Waals surface area contributed by atoms with E-state index in [1.807, 2.05) is 6.92 Å². The molecule has 0 saturated carbocycles. The van der Waals surface area contributed by atoms with Gasteiger partial charge in [0.1, 0.15) is 6.04 Å². The van der Waals surface area contributed by atoms with Crippen LogP contribution in [-0.2, 0) is 11.0 Å². The van der Waals surface area contributed by atoms with E-state index in [9.17, 15) is 27.6 Å². The first-order valence-corrected chi connectivity index (χ1v) is 10.7. The first-order valence-electron chi connectivity index (χ1n) is 10.7. The van der Waals surface area contributed by atoms with E-state index in [1.165, 1.54) is 34.1 Å². The second-order valence-corrected chi connectivity index (χ2v) is 8.02. The SMILES string of the molecule is CCCNC(=O)N1CCN2C(=O)c3cc(-c4cccc(C(F)(F)F)c4)ccc3NC(=O)C2C1. The number of amides is 4. The Labute approximate surface area is 188 Å². The molecule has 0 radical (unpaired) electrons. The van der Waals surface area contributed by atoms with Crippen LogP contribution in [-0.4, -0.2) is 59.9 Å². The van der Waals surface area contributed by atoms with Gasteiger partial charge in [-0.3, -0.25) is 9.59 Å². The molecule has 0 aromatic heterocycles. The van der Waals surface area contributed by atoms with Crippen LogP contribution in [0.4, 0.5) is 23.7 Å². The maximum Gasteiger partial charge on any atom is 0.416 e. The number of nitrogens with one attached hydrogen (secondary N) is 2. The summed E-state index contributed by atoms with van der Waals surface area (Å²) in [4.78, 5) is 41.4. The minimum absolute atomic E-state index is 0.0571. The van der Waals surface area contributed by atoms with Gasteiger partial charge in [0, 0.05) is 19.6 Å². The van der Waals surface area contributed by atoms with Crippen LogP contribution in [0.5, 0.6) is 0 Å². The van der Waals surface area contributed by atoms with E-state index in [4.69, 9.17) is 0 Å². The summed E-state index contributed by atoms with van der Waals surface area (Å²) in [5, 5.41) is 5.50. The zero-order valence-corrected chi connectivity index (χ0v) is 17.9. The Morgan fingerprint density at radius 2 is 1.88 bits per heavy atom. The van der Waals surface area contributed by atoms with Crippen molar-refractivity contribution in [2.45, 2.75) is 25.6 Å². The lowest BCUT2D eigenvalue weighted by Gasteiger charge is -2.39. The van der Waals surface area contributed by atoms with Crippen molar-refractivity contribution < 1.29 is 27.6 Å². The van der Waals surface area contributed by atoms with Crippen molar-refractivity contribution in [3.8, 4) is 11.1 Å². The number of anilines is 1. The summed E-state index contributed by atoms with van der Waals surface area (Å²) < 4.78 is 39.4. The highest BCUT2D eigenvalue weighted by Gasteiger charge is 2.40. The fourth-order valence-corrected chi connectivity index (χ4v) is 4.03. The van der Waals surface area contributed by atoms with Gasteiger partial charge in [0.2, 0.25) is 5.91 Å². The maximum atomic E-state index is 13.3. The van der Waals surface area contributed by atoms with E-state index >= 15 is 0 Å². The summed E-state index contributed by atoms with van der Waals surface area (Å²) in [6.45, 7) is 2.94. The second kappa shape index (κ2) is 8.76. The molecule has 2 aliphatic rings. The Morgan fingerprint density at radius 3 is 2.61 bits per heavy atom. The van der Waals surface area contributed by atoms with Crippen LogP contribution in [0, 0.1) is 0 Å². The largest absolute Gasteiger partial charge is 0.416 e. The molecule has 2 heterocycles. The quantitative estimate of drug-likeness (QED) is 0.735. The third-order valence-electron chi connectivity index (χ3n) is 5.79. The predicted octanol–water partition coefficient (Wildman–Crippen LogP) is 3.57. The fourth-order valence-electron chi connectivity index (χ4n) is 4.03. The summed E-state index contributed by atoms with van der Waals surface area (Å²) >= 11 is 0. The molecule has 174 valence electrons. The lowest BCUT2D eigenvalue weighted by molar-refractivity contribution is -0.137. The van der Waals surface area contributed by atoms with Crippen LogP contribution < -0.4 is 10.6 Å². The van der Waals surface area contributed by atoms with Gasteiger partial charge in [-0.15, -0.1) is 0 Å². The van der Waals surface area contributed by atoms with Crippen LogP contribution in [0.1, 0.15) is 29.3 Å². The molecule has 2 N–H and O–H groups in total. The van der Waals surface area contributed by atoms with Crippen molar-refractivity contribution in [1.29, 1.82) is 0 Å². The van der Waals surface area contributed by atoms with Gasteiger partial charge in [0.15, 0.2) is 0 Å². The summed E-state index contributed by atoms with van der Waals surface area (Å²) in [5.74, 6) is -0.822. The van der Waals surface area contributed by atoms with Crippen molar-refractivity contribution in [2.75, 3.05) is 31.5 Å². The summed E-state index contributed by atoms with van der Waals surface area (Å²) in [7, 11) is 0. The minimum Gasteiger partial charge on any atom is -0.338 e. The normalized spacial score (nSPS) is 18.2. The lowest BCUT2D eigenvalue weighted by atomic mass is 9.99. The lowest BCUT2D eigenvalue weighted by Crippen LogP contribution is -2.60. The molecule has 0 aliphatic carbocycles. The third-order valence-corrected chi connectivity index (χ3v) is 5.79. The number of alkyl halides is 3. The minimum atomic E-state index is -4.48. The molecule has 1 atom stereocenters. The summed E-state index contributed by atoms with van der Waals surface area (Å²) in [5.41, 5.74) is 0.442. The van der Waals surface area contributed by atoms with Gasteiger partial charge in [-0.05, 0) is 41.8 Å². The molecular formula is C23H23F3N4O3. The van der Waals surface area contributed by atoms with E-state index in [0.29, 0.717) is 17.7 Å². The van der Waals surface area contributed by atoms with Gasteiger partial charge >= 0.3 is 12.2 Å². The van der Waals surface area contributed by atoms with Crippen molar-refractivity contribution >= 4 is 23.5 Å². The van der Waals surface area contributed by atoms with Crippen LogP contribution in [0.15, 0.2) is 42.5 Å². The molecule has 7 nitrogen and oxygen atoms in total. The average Bonchev–Trinajstić information content (AvgIpc) is 2.91. The molecule has 4 amide bonds. The number of nitrogens with zero attached hydrogens (tertiary/aromatic N) is 2.